The van der Waals surface area contributed by atoms with E-state index in [1.165, 1.54) is 11.3 Å². The van der Waals surface area contributed by atoms with Crippen molar-refractivity contribution in [1.29, 1.82) is 0 Å². The number of imidazole rings is 1. The van der Waals surface area contributed by atoms with E-state index < -0.39 is 0 Å². The maximum Gasteiger partial charge on any atom is 0.180 e. The molecule has 87 valence electrons. The highest BCUT2D eigenvalue weighted by Gasteiger charge is 2.06. The molecule has 3 N–H and O–H groups in total. The van der Waals surface area contributed by atoms with Gasteiger partial charge in [-0.15, -0.1) is 11.3 Å². The second-order valence-corrected chi connectivity index (χ2v) is 4.04. The van der Waals surface area contributed by atoms with Crippen molar-refractivity contribution in [2.75, 3.05) is 5.73 Å². The molecule has 2 rings (SSSR count). The lowest BCUT2D eigenvalue weighted by atomic mass is 10.3. The molecule has 0 saturated heterocycles. The van der Waals surface area contributed by atoms with Crippen LogP contribution < -0.4 is 5.73 Å². The van der Waals surface area contributed by atoms with Gasteiger partial charge in [0.15, 0.2) is 11.7 Å². The van der Waals surface area contributed by atoms with E-state index in [2.05, 4.69) is 25.5 Å². The summed E-state index contributed by atoms with van der Waals surface area (Å²) in [5.41, 5.74) is 7.17. The summed E-state index contributed by atoms with van der Waals surface area (Å²) in [5.74, 6) is 0. The third kappa shape index (κ3) is 3.08. The molecule has 0 spiro atoms. The lowest BCUT2D eigenvalue weighted by Crippen LogP contribution is -2.03. The van der Waals surface area contributed by atoms with Crippen molar-refractivity contribution >= 4 is 39.8 Å². The van der Waals surface area contributed by atoms with Gasteiger partial charge in [-0.2, -0.15) is 0 Å². The first-order chi connectivity index (χ1) is 8.29. The zero-order valence-electron chi connectivity index (χ0n) is 8.58. The van der Waals surface area contributed by atoms with E-state index in [1.807, 2.05) is 0 Å². The van der Waals surface area contributed by atoms with Crippen molar-refractivity contribution < 1.29 is 4.84 Å². The molecule has 0 unspecified atom stereocenters. The first-order valence-electron chi connectivity index (χ1n) is 4.56. The molecule has 0 fully saturated rings. The predicted molar refractivity (Wildman–Crippen MR) is 69.0 cm³/mol. The van der Waals surface area contributed by atoms with Crippen LogP contribution in [0.2, 0.25) is 0 Å². The summed E-state index contributed by atoms with van der Waals surface area (Å²) < 4.78 is 0. The number of aromatic amines is 1. The Labute approximate surface area is 107 Å². The summed E-state index contributed by atoms with van der Waals surface area (Å²) in [6.07, 6.45) is 3.28. The quantitative estimate of drug-likeness (QED) is 0.483. The van der Waals surface area contributed by atoms with Gasteiger partial charge in [-0.3, -0.25) is 0 Å². The van der Waals surface area contributed by atoms with Gasteiger partial charge >= 0.3 is 0 Å². The van der Waals surface area contributed by atoms with Gasteiger partial charge in [0, 0.05) is 11.6 Å². The van der Waals surface area contributed by atoms with Crippen molar-refractivity contribution in [3.8, 4) is 0 Å². The molecule has 0 amide bonds. The van der Waals surface area contributed by atoms with Crippen LogP contribution in [0.25, 0.3) is 0 Å². The Bertz CT molecular complexity index is 519. The maximum atomic E-state index is 5.51. The number of anilines is 1. The topological polar surface area (TPSA) is 89.2 Å². The van der Waals surface area contributed by atoms with Crippen LogP contribution in [0.15, 0.2) is 23.1 Å². The third-order valence-corrected chi connectivity index (χ3v) is 2.65. The molecule has 0 aliphatic carbocycles. The van der Waals surface area contributed by atoms with Gasteiger partial charge in [0.25, 0.3) is 0 Å². The summed E-state index contributed by atoms with van der Waals surface area (Å²) in [7, 11) is 0. The van der Waals surface area contributed by atoms with E-state index in [0.29, 0.717) is 16.5 Å². The Morgan fingerprint density at radius 3 is 3.18 bits per heavy atom. The average Bonchev–Trinajstić information content (AvgIpc) is 2.96. The van der Waals surface area contributed by atoms with Crippen LogP contribution in [-0.2, 0) is 11.4 Å². The lowest BCUT2D eigenvalue weighted by Gasteiger charge is -1.97. The minimum atomic E-state index is 0.254. The number of nitrogens with one attached hydrogen (secondary N) is 1. The van der Waals surface area contributed by atoms with E-state index in [4.69, 9.17) is 22.8 Å². The monoisotopic (exact) mass is 266 g/mol. The summed E-state index contributed by atoms with van der Waals surface area (Å²) in [6.45, 7) is 0.254. The summed E-state index contributed by atoms with van der Waals surface area (Å²) >= 11 is 6.03. The smallest absolute Gasteiger partial charge is 0.180 e. The van der Waals surface area contributed by atoms with Gasteiger partial charge in [-0.05, 0) is 0 Å². The molecule has 0 atom stereocenters. The number of oxime groups is 1. The SMILES string of the molecule is Nc1nc(C([C]=S)=NOCc2c[nH]cn2)cs1. The Morgan fingerprint density at radius 2 is 2.59 bits per heavy atom. The number of H-pyrrole nitrogens is 1. The highest BCUT2D eigenvalue weighted by molar-refractivity contribution is 7.80. The number of aromatic nitrogens is 3. The second-order valence-electron chi connectivity index (χ2n) is 2.95. The second kappa shape index (κ2) is 5.51. The molecule has 0 saturated carbocycles. The molecule has 0 aromatic carbocycles. The fourth-order valence-electron chi connectivity index (χ4n) is 1.05. The van der Waals surface area contributed by atoms with Gasteiger partial charge in [0.2, 0.25) is 0 Å². The Kier molecular flexibility index (Phi) is 3.78. The van der Waals surface area contributed by atoms with E-state index >= 15 is 0 Å². The van der Waals surface area contributed by atoms with Gasteiger partial charge in [0.05, 0.1) is 17.4 Å². The number of hydrogen-bond donors (Lipinski definition) is 2. The first-order valence-corrected chi connectivity index (χ1v) is 5.85. The molecule has 17 heavy (non-hydrogen) atoms. The highest BCUT2D eigenvalue weighted by Crippen LogP contribution is 2.11. The van der Waals surface area contributed by atoms with Gasteiger partial charge in [-0.1, -0.05) is 17.4 Å². The van der Waals surface area contributed by atoms with Crippen LogP contribution in [0.1, 0.15) is 11.4 Å². The highest BCUT2D eigenvalue weighted by atomic mass is 32.1. The molecule has 2 heterocycles. The Balaban J connectivity index is 2.01. The normalized spacial score (nSPS) is 11.4. The van der Waals surface area contributed by atoms with Crippen molar-refractivity contribution in [3.63, 3.8) is 0 Å². The molecule has 1 radical (unpaired) electrons. The van der Waals surface area contributed by atoms with Crippen molar-refractivity contribution in [2.24, 2.45) is 5.16 Å². The minimum Gasteiger partial charge on any atom is -0.389 e. The van der Waals surface area contributed by atoms with Gasteiger partial charge in [0.1, 0.15) is 11.4 Å². The average molecular weight is 266 g/mol. The van der Waals surface area contributed by atoms with Crippen molar-refractivity contribution in [2.45, 2.75) is 6.61 Å². The molecule has 8 heteroatoms. The van der Waals surface area contributed by atoms with Crippen molar-refractivity contribution in [1.82, 2.24) is 15.0 Å². The van der Waals surface area contributed by atoms with Crippen LogP contribution in [0.3, 0.4) is 0 Å². The number of thiazole rings is 1. The van der Waals surface area contributed by atoms with Gasteiger partial charge in [-0.25, -0.2) is 9.97 Å². The molecule has 0 bridgehead atoms. The number of thiocarbonyl (C=S) groups is 1. The largest absolute Gasteiger partial charge is 0.389 e. The van der Waals surface area contributed by atoms with E-state index in [-0.39, 0.29) is 6.61 Å². The van der Waals surface area contributed by atoms with E-state index in [9.17, 15) is 0 Å². The summed E-state index contributed by atoms with van der Waals surface area (Å²) in [6, 6.07) is 0. The number of nitrogens with zero attached hydrogens (tertiary/aromatic N) is 3. The molecule has 2 aromatic heterocycles. The molecule has 0 aliphatic heterocycles. The Hall–Kier alpha value is -1.80. The maximum absolute atomic E-state index is 5.51. The Morgan fingerprint density at radius 1 is 1.71 bits per heavy atom. The number of rotatable bonds is 5. The molecule has 6 nitrogen and oxygen atoms in total. The standard InChI is InChI=1S/C9H8N5OS2/c10-9-13-8(4-17-9)7(3-16)14-15-2-6-1-11-5-12-6/h1,4-5H,2H2,(H2,10,13)(H,11,12). The first kappa shape index (κ1) is 11.7. The zero-order chi connectivity index (χ0) is 12.1. The van der Waals surface area contributed by atoms with Crippen LogP contribution in [0.4, 0.5) is 5.13 Å². The molecular formula is C9H8N5OS2. The zero-order valence-corrected chi connectivity index (χ0v) is 10.2. The molecule has 2 aromatic rings. The van der Waals surface area contributed by atoms with Gasteiger partial charge < -0.3 is 15.6 Å². The minimum absolute atomic E-state index is 0.254. The summed E-state index contributed by atoms with van der Waals surface area (Å²) in [5, 5.41) is 8.51. The van der Waals surface area contributed by atoms with Crippen molar-refractivity contribution in [3.05, 3.63) is 29.3 Å². The van der Waals surface area contributed by atoms with Crippen LogP contribution in [-0.4, -0.2) is 26.0 Å². The lowest BCUT2D eigenvalue weighted by molar-refractivity contribution is 0.129. The molecular weight excluding hydrogens is 258 g/mol. The predicted octanol–water partition coefficient (Wildman–Crippen LogP) is 1.25. The molecule has 0 aliphatic rings. The van der Waals surface area contributed by atoms with Crippen LogP contribution in [0.5, 0.6) is 0 Å². The van der Waals surface area contributed by atoms with Crippen LogP contribution >= 0.6 is 23.6 Å². The number of nitrogen functional groups attached to an aromatic ring is 1. The fourth-order valence-corrected chi connectivity index (χ4v) is 1.74. The number of nitrogens with two attached hydrogens (primary N) is 1. The van der Waals surface area contributed by atoms with E-state index in [0.717, 1.165) is 5.69 Å². The van der Waals surface area contributed by atoms with E-state index in [1.54, 1.807) is 17.9 Å². The number of hydrogen-bond acceptors (Lipinski definition) is 7. The third-order valence-electron chi connectivity index (χ3n) is 1.78. The van der Waals surface area contributed by atoms with Crippen LogP contribution in [0, 0.1) is 0 Å². The fraction of sp³-hybridized carbons (Fsp3) is 0.111. The summed E-state index contributed by atoms with van der Waals surface area (Å²) in [4.78, 5) is 15.9.